The van der Waals surface area contributed by atoms with Gasteiger partial charge in [-0.05, 0) is 34.9 Å². The molecule has 11 nitrogen and oxygen atoms in total. The lowest BCUT2D eigenvalue weighted by Crippen LogP contribution is -2.44. The number of benzene rings is 2. The number of methoxy groups -OCH3 is 1. The number of aliphatic hydroxyl groups is 3. The molecule has 3 aromatic rings. The van der Waals surface area contributed by atoms with Gasteiger partial charge in [0.1, 0.15) is 18.6 Å². The van der Waals surface area contributed by atoms with E-state index in [2.05, 4.69) is 15.5 Å². The fourth-order valence-corrected chi connectivity index (χ4v) is 4.20. The molecule has 1 aliphatic rings. The van der Waals surface area contributed by atoms with E-state index in [1.807, 2.05) is 48.5 Å². The van der Waals surface area contributed by atoms with Crippen LogP contribution in [0.5, 0.6) is 0 Å². The molecule has 0 unspecified atom stereocenters. The van der Waals surface area contributed by atoms with Crippen molar-refractivity contribution in [2.75, 3.05) is 40.1 Å². The number of ether oxygens (including phenoxy) is 3. The van der Waals surface area contributed by atoms with Gasteiger partial charge < -0.3 is 39.3 Å². The quantitative estimate of drug-likeness (QED) is 0.253. The van der Waals surface area contributed by atoms with Gasteiger partial charge in [0.15, 0.2) is 0 Å². The molecule has 1 aromatic heterocycles. The van der Waals surface area contributed by atoms with E-state index in [1.54, 1.807) is 7.11 Å². The largest absolute Gasteiger partial charge is 0.420 e. The van der Waals surface area contributed by atoms with Gasteiger partial charge in [0.2, 0.25) is 17.7 Å². The zero-order valence-electron chi connectivity index (χ0n) is 21.2. The average molecular weight is 528 g/mol. The average Bonchev–Trinajstić information content (AvgIpc) is 3.40. The molecule has 2 aromatic carbocycles. The number of aliphatic hydroxyl groups excluding tert-OH is 3. The van der Waals surface area contributed by atoms with Gasteiger partial charge in [-0.25, -0.2) is 0 Å². The van der Waals surface area contributed by atoms with Crippen molar-refractivity contribution in [1.29, 1.82) is 0 Å². The molecular formula is C27H33N3O8. The molecule has 2 heterocycles. The lowest BCUT2D eigenvalue weighted by atomic mass is 9.91. The molecule has 11 heteroatoms. The van der Waals surface area contributed by atoms with Crippen LogP contribution in [0.1, 0.15) is 24.0 Å². The molecular weight excluding hydrogens is 494 g/mol. The molecule has 0 saturated carbocycles. The Morgan fingerprint density at radius 2 is 1.84 bits per heavy atom. The number of aromatic nitrogens is 2. The number of nitrogens with one attached hydrogen (secondary N) is 1. The summed E-state index contributed by atoms with van der Waals surface area (Å²) in [4.78, 5) is 12.1. The van der Waals surface area contributed by atoms with Gasteiger partial charge in [-0.15, -0.1) is 10.2 Å². The van der Waals surface area contributed by atoms with Crippen LogP contribution < -0.4 is 5.32 Å². The van der Waals surface area contributed by atoms with Crippen LogP contribution in [0.15, 0.2) is 52.9 Å². The summed E-state index contributed by atoms with van der Waals surface area (Å²) in [5.41, 5.74) is 3.21. The summed E-state index contributed by atoms with van der Waals surface area (Å²) in [5, 5.41) is 40.8. The Kier molecular flexibility index (Phi) is 9.93. The van der Waals surface area contributed by atoms with E-state index in [0.29, 0.717) is 43.4 Å². The summed E-state index contributed by atoms with van der Waals surface area (Å²) in [6, 6.07) is 15.0. The number of hydrogen-bond acceptors (Lipinski definition) is 10. The highest BCUT2D eigenvalue weighted by molar-refractivity contribution is 5.77. The van der Waals surface area contributed by atoms with E-state index < -0.39 is 24.4 Å². The molecule has 0 radical (unpaired) electrons. The topological polar surface area (TPSA) is 156 Å². The van der Waals surface area contributed by atoms with Crippen LogP contribution in [0.3, 0.4) is 0 Å². The van der Waals surface area contributed by atoms with E-state index in [9.17, 15) is 20.1 Å². The van der Waals surface area contributed by atoms with Gasteiger partial charge in [-0.2, -0.15) is 0 Å². The standard InChI is InChI=1S/C27H33N3O8/c1-35-11-12-36-10-9-28-23(33)15-24-29-30-27(38-24)18-7-5-17(6-8-18)19-3-2-4-20(13-19)26-25(34)22(32)14-21(16-31)37-26/h2-8,13,21-22,25-26,31-32,34H,9-12,14-16H2,1H3,(H,28,33)/t21-,22-,25-,26+/m0/s1. The molecule has 1 amide bonds. The normalized spacial score (nSPS) is 21.4. The smallest absolute Gasteiger partial charge is 0.247 e. The van der Waals surface area contributed by atoms with Gasteiger partial charge >= 0.3 is 0 Å². The molecule has 4 N–H and O–H groups in total. The second kappa shape index (κ2) is 13.6. The molecule has 204 valence electrons. The number of nitrogens with zero attached hydrogens (tertiary/aromatic N) is 2. The van der Waals surface area contributed by atoms with Gasteiger partial charge in [0.25, 0.3) is 0 Å². The second-order valence-electron chi connectivity index (χ2n) is 8.99. The molecule has 0 bridgehead atoms. The van der Waals surface area contributed by atoms with Crippen LogP contribution in [-0.4, -0.2) is 89.8 Å². The maximum Gasteiger partial charge on any atom is 0.247 e. The molecule has 1 fully saturated rings. The van der Waals surface area contributed by atoms with Crippen molar-refractivity contribution >= 4 is 5.91 Å². The minimum absolute atomic E-state index is 0.0309. The van der Waals surface area contributed by atoms with Crippen LogP contribution in [0, 0.1) is 0 Å². The van der Waals surface area contributed by atoms with E-state index in [4.69, 9.17) is 18.6 Å². The minimum Gasteiger partial charge on any atom is -0.420 e. The summed E-state index contributed by atoms with van der Waals surface area (Å²) in [6.07, 6.45) is -3.18. The number of carbonyl (C=O) groups excluding carboxylic acids is 1. The summed E-state index contributed by atoms with van der Waals surface area (Å²) >= 11 is 0. The number of hydrogen-bond donors (Lipinski definition) is 4. The molecule has 1 saturated heterocycles. The Morgan fingerprint density at radius 1 is 1.05 bits per heavy atom. The van der Waals surface area contributed by atoms with Crippen molar-refractivity contribution in [1.82, 2.24) is 15.5 Å². The third kappa shape index (κ3) is 7.22. The van der Waals surface area contributed by atoms with Gasteiger partial charge in [0.05, 0.1) is 38.6 Å². The van der Waals surface area contributed by atoms with Gasteiger partial charge in [-0.1, -0.05) is 30.3 Å². The molecule has 4 rings (SSSR count). The number of amides is 1. The Bertz CT molecular complexity index is 1170. The van der Waals surface area contributed by atoms with Crippen molar-refractivity contribution in [2.24, 2.45) is 0 Å². The van der Waals surface area contributed by atoms with Crippen LogP contribution in [-0.2, 0) is 25.4 Å². The zero-order valence-corrected chi connectivity index (χ0v) is 21.2. The molecule has 0 aliphatic carbocycles. The van der Waals surface area contributed by atoms with Gasteiger partial charge in [-0.3, -0.25) is 4.79 Å². The monoisotopic (exact) mass is 527 g/mol. The van der Waals surface area contributed by atoms with Crippen molar-refractivity contribution in [3.63, 3.8) is 0 Å². The summed E-state index contributed by atoms with van der Waals surface area (Å²) in [6.45, 7) is 1.51. The first kappa shape index (κ1) is 27.8. The Balaban J connectivity index is 1.36. The third-order valence-electron chi connectivity index (χ3n) is 6.21. The first-order valence-electron chi connectivity index (χ1n) is 12.5. The predicted molar refractivity (Wildman–Crippen MR) is 136 cm³/mol. The fourth-order valence-electron chi connectivity index (χ4n) is 4.20. The van der Waals surface area contributed by atoms with Crippen LogP contribution >= 0.6 is 0 Å². The first-order chi connectivity index (χ1) is 18.5. The number of carbonyl (C=O) groups is 1. The highest BCUT2D eigenvalue weighted by Crippen LogP contribution is 2.34. The van der Waals surface area contributed by atoms with Crippen molar-refractivity contribution in [3.8, 4) is 22.6 Å². The lowest BCUT2D eigenvalue weighted by molar-refractivity contribution is -0.179. The van der Waals surface area contributed by atoms with E-state index in [-0.39, 0.29) is 31.2 Å². The van der Waals surface area contributed by atoms with Gasteiger partial charge in [0, 0.05) is 25.6 Å². The SMILES string of the molecule is COCCOCCNC(=O)Cc1nnc(-c2ccc(-c3cccc([C@H]4O[C@H](CO)C[C@H](O)[C@@H]4O)c3)cc2)o1. The Hall–Kier alpha value is -3.19. The Morgan fingerprint density at radius 3 is 2.61 bits per heavy atom. The summed E-state index contributed by atoms with van der Waals surface area (Å²) in [7, 11) is 1.60. The van der Waals surface area contributed by atoms with Crippen LogP contribution in [0.25, 0.3) is 22.6 Å². The molecule has 1 aliphatic heterocycles. The van der Waals surface area contributed by atoms with Crippen LogP contribution in [0.2, 0.25) is 0 Å². The maximum atomic E-state index is 12.1. The highest BCUT2D eigenvalue weighted by Gasteiger charge is 2.37. The second-order valence-corrected chi connectivity index (χ2v) is 8.99. The van der Waals surface area contributed by atoms with Crippen molar-refractivity contribution in [3.05, 3.63) is 60.0 Å². The molecule has 38 heavy (non-hydrogen) atoms. The zero-order chi connectivity index (χ0) is 26.9. The Labute approximate surface area is 220 Å². The third-order valence-corrected chi connectivity index (χ3v) is 6.21. The van der Waals surface area contributed by atoms with Crippen molar-refractivity contribution < 1.29 is 38.7 Å². The fraction of sp³-hybridized carbons (Fsp3) is 0.444. The predicted octanol–water partition coefficient (Wildman–Crippen LogP) is 1.27. The summed E-state index contributed by atoms with van der Waals surface area (Å²) in [5.74, 6) is 0.276. The lowest BCUT2D eigenvalue weighted by Gasteiger charge is -2.37. The van der Waals surface area contributed by atoms with Crippen molar-refractivity contribution in [2.45, 2.75) is 37.3 Å². The molecule has 4 atom stereocenters. The van der Waals surface area contributed by atoms with E-state index in [1.165, 1.54) is 0 Å². The summed E-state index contributed by atoms with van der Waals surface area (Å²) < 4.78 is 21.7. The van der Waals surface area contributed by atoms with E-state index >= 15 is 0 Å². The van der Waals surface area contributed by atoms with Crippen LogP contribution in [0.4, 0.5) is 0 Å². The minimum atomic E-state index is -1.08. The number of rotatable bonds is 12. The maximum absolute atomic E-state index is 12.1. The molecule has 0 spiro atoms. The first-order valence-corrected chi connectivity index (χ1v) is 12.5. The highest BCUT2D eigenvalue weighted by atomic mass is 16.5. The van der Waals surface area contributed by atoms with E-state index in [0.717, 1.165) is 11.1 Å².